The van der Waals surface area contributed by atoms with Crippen molar-refractivity contribution in [3.8, 4) is 0 Å². The van der Waals surface area contributed by atoms with Gasteiger partial charge < -0.3 is 15.0 Å². The molecule has 0 saturated carbocycles. The molecular formula is C19H17N3O3. The van der Waals surface area contributed by atoms with Crippen molar-refractivity contribution in [2.75, 3.05) is 13.2 Å². The van der Waals surface area contributed by atoms with Gasteiger partial charge in [-0.25, -0.2) is 4.98 Å². The van der Waals surface area contributed by atoms with Crippen LogP contribution in [0.25, 0.3) is 10.9 Å². The number of aliphatic hydroxyl groups is 1. The largest absolute Gasteiger partial charge is 0.394 e. The van der Waals surface area contributed by atoms with E-state index in [-0.39, 0.29) is 23.9 Å². The number of benzene rings is 2. The molecule has 1 aliphatic rings. The van der Waals surface area contributed by atoms with Gasteiger partial charge in [0.15, 0.2) is 5.82 Å². The molecule has 4 rings (SSSR count). The molecule has 0 saturated heterocycles. The first-order valence-corrected chi connectivity index (χ1v) is 8.17. The summed E-state index contributed by atoms with van der Waals surface area (Å²) >= 11 is 0. The number of aliphatic hydroxyl groups excluding tert-OH is 1. The number of hydrogen-bond donors (Lipinski definition) is 2. The van der Waals surface area contributed by atoms with Crippen LogP contribution in [0.1, 0.15) is 27.8 Å². The van der Waals surface area contributed by atoms with Crippen molar-refractivity contribution >= 4 is 16.8 Å². The minimum Gasteiger partial charge on any atom is -0.394 e. The zero-order chi connectivity index (χ0) is 17.4. The Kier molecular flexibility index (Phi) is 3.82. The predicted octanol–water partition coefficient (Wildman–Crippen LogP) is 1.66. The summed E-state index contributed by atoms with van der Waals surface area (Å²) in [7, 11) is 0. The minimum absolute atomic E-state index is 0.00142. The fourth-order valence-electron chi connectivity index (χ4n) is 3.42. The van der Waals surface area contributed by atoms with E-state index in [0.29, 0.717) is 23.9 Å². The average molecular weight is 335 g/mol. The maximum Gasteiger partial charge on any atom is 0.290 e. The van der Waals surface area contributed by atoms with E-state index in [9.17, 15) is 14.7 Å². The molecule has 1 atom stereocenters. The monoisotopic (exact) mass is 335 g/mol. The second-order valence-corrected chi connectivity index (χ2v) is 6.08. The van der Waals surface area contributed by atoms with Crippen LogP contribution in [-0.4, -0.2) is 39.0 Å². The van der Waals surface area contributed by atoms with Gasteiger partial charge in [-0.1, -0.05) is 36.4 Å². The van der Waals surface area contributed by atoms with Crippen molar-refractivity contribution in [3.05, 3.63) is 75.8 Å². The molecule has 2 N–H and O–H groups in total. The molecule has 25 heavy (non-hydrogen) atoms. The molecule has 3 aromatic rings. The molecule has 1 aromatic heterocycles. The third-order valence-electron chi connectivity index (χ3n) is 4.66. The molecule has 0 spiro atoms. The first kappa shape index (κ1) is 15.5. The van der Waals surface area contributed by atoms with E-state index >= 15 is 0 Å². The van der Waals surface area contributed by atoms with Gasteiger partial charge in [0, 0.05) is 6.54 Å². The van der Waals surface area contributed by atoms with Gasteiger partial charge in [0.05, 0.1) is 23.6 Å². The van der Waals surface area contributed by atoms with E-state index in [0.717, 1.165) is 11.1 Å². The number of para-hydroxylation sites is 1. The summed E-state index contributed by atoms with van der Waals surface area (Å²) < 4.78 is 0. The highest BCUT2D eigenvalue weighted by Gasteiger charge is 2.31. The lowest BCUT2D eigenvalue weighted by Crippen LogP contribution is -2.42. The molecule has 6 heteroatoms. The van der Waals surface area contributed by atoms with Crippen LogP contribution in [0.3, 0.4) is 0 Å². The number of fused-ring (bicyclic) bond motifs is 2. The van der Waals surface area contributed by atoms with Crippen molar-refractivity contribution in [3.63, 3.8) is 0 Å². The van der Waals surface area contributed by atoms with Crippen LogP contribution in [0.5, 0.6) is 0 Å². The van der Waals surface area contributed by atoms with E-state index in [4.69, 9.17) is 0 Å². The van der Waals surface area contributed by atoms with Crippen molar-refractivity contribution in [2.45, 2.75) is 12.5 Å². The van der Waals surface area contributed by atoms with E-state index in [1.807, 2.05) is 24.3 Å². The first-order valence-electron chi connectivity index (χ1n) is 8.17. The summed E-state index contributed by atoms with van der Waals surface area (Å²) in [6.07, 6.45) is 0.705. The van der Waals surface area contributed by atoms with Gasteiger partial charge in [-0.05, 0) is 29.7 Å². The molecule has 126 valence electrons. The Morgan fingerprint density at radius 3 is 2.80 bits per heavy atom. The lowest BCUT2D eigenvalue weighted by atomic mass is 9.93. The van der Waals surface area contributed by atoms with Crippen LogP contribution in [0, 0.1) is 0 Å². The number of carbonyl (C=O) groups is 1. The smallest absolute Gasteiger partial charge is 0.290 e. The summed E-state index contributed by atoms with van der Waals surface area (Å²) in [4.78, 5) is 33.6. The number of H-pyrrole nitrogens is 1. The zero-order valence-corrected chi connectivity index (χ0v) is 13.5. The highest BCUT2D eigenvalue weighted by Crippen LogP contribution is 2.30. The summed E-state index contributed by atoms with van der Waals surface area (Å²) in [5, 5.41) is 10.3. The Morgan fingerprint density at radius 2 is 1.96 bits per heavy atom. The number of nitrogens with one attached hydrogen (secondary N) is 1. The zero-order valence-electron chi connectivity index (χ0n) is 13.5. The fraction of sp³-hybridized carbons (Fsp3) is 0.211. The molecule has 1 aliphatic heterocycles. The van der Waals surface area contributed by atoms with Gasteiger partial charge in [0.2, 0.25) is 0 Å². The maximum absolute atomic E-state index is 13.0. The highest BCUT2D eigenvalue weighted by molar-refractivity contribution is 5.93. The molecule has 0 radical (unpaired) electrons. The third-order valence-corrected chi connectivity index (χ3v) is 4.66. The molecule has 1 unspecified atom stereocenters. The fourth-order valence-corrected chi connectivity index (χ4v) is 3.42. The number of rotatable bonds is 2. The number of nitrogens with zero attached hydrogens (tertiary/aromatic N) is 2. The molecule has 0 aliphatic carbocycles. The number of amides is 1. The van der Waals surface area contributed by atoms with Gasteiger partial charge in [-0.3, -0.25) is 9.59 Å². The van der Waals surface area contributed by atoms with Crippen LogP contribution in [0.2, 0.25) is 0 Å². The predicted molar refractivity (Wildman–Crippen MR) is 93.4 cm³/mol. The lowest BCUT2D eigenvalue weighted by Gasteiger charge is -2.36. The van der Waals surface area contributed by atoms with E-state index in [2.05, 4.69) is 9.97 Å². The van der Waals surface area contributed by atoms with Crippen LogP contribution in [0.4, 0.5) is 0 Å². The first-order chi connectivity index (χ1) is 12.2. The molecule has 6 nitrogen and oxygen atoms in total. The van der Waals surface area contributed by atoms with E-state index < -0.39 is 6.04 Å². The van der Waals surface area contributed by atoms with Crippen LogP contribution >= 0.6 is 0 Å². The molecule has 2 aromatic carbocycles. The van der Waals surface area contributed by atoms with E-state index in [1.165, 1.54) is 0 Å². The normalized spacial score (nSPS) is 16.7. The molecule has 2 heterocycles. The summed E-state index contributed by atoms with van der Waals surface area (Å²) in [6, 6.07) is 14.2. The third kappa shape index (κ3) is 2.60. The lowest BCUT2D eigenvalue weighted by molar-refractivity contribution is 0.0556. The minimum atomic E-state index is -0.436. The second-order valence-electron chi connectivity index (χ2n) is 6.08. The SMILES string of the molecule is O=C(c1nc2ccccc2c(=O)[nH]1)N1CCc2ccccc2C1CO. The summed E-state index contributed by atoms with van der Waals surface area (Å²) in [5.74, 6) is -0.377. The molecular weight excluding hydrogens is 318 g/mol. The quantitative estimate of drug-likeness (QED) is 0.746. The average Bonchev–Trinajstić information content (AvgIpc) is 2.66. The standard InChI is InChI=1S/C19H17N3O3/c23-11-16-13-6-2-1-5-12(13)9-10-22(16)19(25)17-20-15-8-4-3-7-14(15)18(24)21-17/h1-8,16,23H,9-11H2,(H,20,21,24). The topological polar surface area (TPSA) is 86.3 Å². The van der Waals surface area contributed by atoms with Gasteiger partial charge in [-0.2, -0.15) is 0 Å². The maximum atomic E-state index is 13.0. The molecule has 0 bridgehead atoms. The van der Waals surface area contributed by atoms with Gasteiger partial charge in [-0.15, -0.1) is 0 Å². The van der Waals surface area contributed by atoms with Crippen LogP contribution < -0.4 is 5.56 Å². The van der Waals surface area contributed by atoms with Crippen molar-refractivity contribution in [1.82, 2.24) is 14.9 Å². The van der Waals surface area contributed by atoms with E-state index in [1.54, 1.807) is 29.2 Å². The number of aromatic nitrogens is 2. The Hall–Kier alpha value is -2.99. The van der Waals surface area contributed by atoms with Gasteiger partial charge in [0.1, 0.15) is 0 Å². The Bertz CT molecular complexity index is 1010. The van der Waals surface area contributed by atoms with Crippen LogP contribution in [-0.2, 0) is 6.42 Å². The van der Waals surface area contributed by atoms with Gasteiger partial charge in [0.25, 0.3) is 11.5 Å². The van der Waals surface area contributed by atoms with Gasteiger partial charge >= 0.3 is 0 Å². The van der Waals surface area contributed by atoms with Crippen molar-refractivity contribution < 1.29 is 9.90 Å². The highest BCUT2D eigenvalue weighted by atomic mass is 16.3. The van der Waals surface area contributed by atoms with Crippen molar-refractivity contribution in [1.29, 1.82) is 0 Å². The number of carbonyl (C=O) groups excluding carboxylic acids is 1. The second kappa shape index (κ2) is 6.14. The summed E-state index contributed by atoms with van der Waals surface area (Å²) in [5.41, 5.74) is 2.21. The van der Waals surface area contributed by atoms with Crippen LogP contribution in [0.15, 0.2) is 53.3 Å². The number of aromatic amines is 1. The Labute approximate surface area is 143 Å². The Morgan fingerprint density at radius 1 is 1.20 bits per heavy atom. The molecule has 1 amide bonds. The number of hydrogen-bond acceptors (Lipinski definition) is 4. The molecule has 0 fully saturated rings. The Balaban J connectivity index is 1.75. The van der Waals surface area contributed by atoms with Crippen molar-refractivity contribution in [2.24, 2.45) is 0 Å². The summed E-state index contributed by atoms with van der Waals surface area (Å²) in [6.45, 7) is 0.290.